The Morgan fingerprint density at radius 3 is 2.56 bits per heavy atom. The monoisotopic (exact) mass is 436 g/mol. The zero-order valence-corrected chi connectivity index (χ0v) is 18.3. The lowest BCUT2D eigenvalue weighted by Gasteiger charge is -2.22. The number of guanidine groups is 1. The largest absolute Gasteiger partial charge is 0.493 e. The van der Waals surface area contributed by atoms with Gasteiger partial charge in [0.2, 0.25) is 0 Å². The van der Waals surface area contributed by atoms with Crippen molar-refractivity contribution in [1.29, 1.82) is 0 Å². The van der Waals surface area contributed by atoms with Crippen LogP contribution in [0, 0.1) is 0 Å². The van der Waals surface area contributed by atoms with Gasteiger partial charge in [0, 0.05) is 44.1 Å². The Kier molecular flexibility index (Phi) is 8.03. The molecule has 0 spiro atoms. The molecule has 0 amide bonds. The van der Waals surface area contributed by atoms with E-state index in [4.69, 9.17) is 9.47 Å². The average molecular weight is 437 g/mol. The van der Waals surface area contributed by atoms with Crippen LogP contribution < -0.4 is 14.8 Å². The molecule has 0 aliphatic carbocycles. The minimum Gasteiger partial charge on any atom is -0.493 e. The molecule has 0 unspecified atom stereocenters. The molecule has 0 saturated heterocycles. The molecule has 2 aromatic rings. The first kappa shape index (κ1) is 21.2. The Morgan fingerprint density at radius 2 is 1.96 bits per heavy atom. The first-order chi connectivity index (χ1) is 13.0. The van der Waals surface area contributed by atoms with Crippen LogP contribution in [-0.2, 0) is 20.0 Å². The quantitative estimate of drug-likeness (QED) is 0.391. The molecule has 0 bridgehead atoms. The van der Waals surface area contributed by atoms with E-state index in [2.05, 4.69) is 54.0 Å². The van der Waals surface area contributed by atoms with Gasteiger partial charge in [-0.25, -0.2) is 0 Å². The first-order valence-electron chi connectivity index (χ1n) is 8.92. The summed E-state index contributed by atoms with van der Waals surface area (Å²) in [6.07, 6.45) is 4.01. The van der Waals surface area contributed by atoms with E-state index >= 15 is 0 Å². The fraction of sp³-hybridized carbons (Fsp3) is 0.450. The molecule has 0 fully saturated rings. The zero-order chi connectivity index (χ0) is 19.8. The van der Waals surface area contributed by atoms with Crippen molar-refractivity contribution in [2.75, 3.05) is 34.9 Å². The van der Waals surface area contributed by atoms with Gasteiger partial charge in [-0.15, -0.1) is 0 Å². The summed E-state index contributed by atoms with van der Waals surface area (Å²) in [5.41, 5.74) is 2.45. The van der Waals surface area contributed by atoms with Crippen LogP contribution in [0.25, 0.3) is 0 Å². The maximum atomic E-state index is 5.37. The molecule has 2 rings (SSSR count). The van der Waals surface area contributed by atoms with E-state index in [0.717, 1.165) is 47.9 Å². The van der Waals surface area contributed by atoms with E-state index in [1.54, 1.807) is 14.2 Å². The van der Waals surface area contributed by atoms with Crippen LogP contribution in [0.5, 0.6) is 11.5 Å². The van der Waals surface area contributed by atoms with E-state index in [0.29, 0.717) is 0 Å². The maximum absolute atomic E-state index is 5.37. The van der Waals surface area contributed by atoms with Crippen LogP contribution in [0.15, 0.2) is 39.9 Å². The summed E-state index contributed by atoms with van der Waals surface area (Å²) in [6, 6.07) is 8.19. The number of aliphatic imine (C=N–C) groups is 1. The standard InChI is InChI=1S/C20H29BrN4O2/c1-22-20(25(3)14-17-12-16(21)13-24(17)2)23-10-6-7-15-8-9-18(26-4)19(11-15)27-5/h8-9,11-13H,6-7,10,14H2,1-5H3,(H,22,23). The highest BCUT2D eigenvalue weighted by atomic mass is 79.9. The van der Waals surface area contributed by atoms with Crippen molar-refractivity contribution in [3.63, 3.8) is 0 Å². The number of hydrogen-bond acceptors (Lipinski definition) is 3. The Bertz CT molecular complexity index is 773. The van der Waals surface area contributed by atoms with Gasteiger partial charge in [-0.05, 0) is 52.5 Å². The molecule has 0 atom stereocenters. The Hall–Kier alpha value is -2.15. The van der Waals surface area contributed by atoms with E-state index in [-0.39, 0.29) is 0 Å². The number of halogens is 1. The summed E-state index contributed by atoms with van der Waals surface area (Å²) >= 11 is 3.52. The zero-order valence-electron chi connectivity index (χ0n) is 16.8. The SMILES string of the molecule is CN=C(NCCCc1ccc(OC)c(OC)c1)N(C)Cc1cc(Br)cn1C. The molecule has 1 heterocycles. The Balaban J connectivity index is 1.83. The number of hydrogen-bond donors (Lipinski definition) is 1. The molecule has 0 radical (unpaired) electrons. The maximum Gasteiger partial charge on any atom is 0.193 e. The predicted octanol–water partition coefficient (Wildman–Crippen LogP) is 3.44. The fourth-order valence-corrected chi connectivity index (χ4v) is 3.53. The van der Waals surface area contributed by atoms with Gasteiger partial charge in [-0.2, -0.15) is 0 Å². The van der Waals surface area contributed by atoms with E-state index < -0.39 is 0 Å². The number of aromatic nitrogens is 1. The number of nitrogens with zero attached hydrogens (tertiary/aromatic N) is 3. The summed E-state index contributed by atoms with van der Waals surface area (Å²) in [4.78, 5) is 6.51. The lowest BCUT2D eigenvalue weighted by molar-refractivity contribution is 0.354. The summed E-state index contributed by atoms with van der Waals surface area (Å²) in [6.45, 7) is 1.64. The molecular formula is C20H29BrN4O2. The molecule has 1 aromatic carbocycles. The van der Waals surface area contributed by atoms with Crippen molar-refractivity contribution in [1.82, 2.24) is 14.8 Å². The van der Waals surface area contributed by atoms with E-state index in [1.165, 1.54) is 11.3 Å². The lowest BCUT2D eigenvalue weighted by atomic mass is 10.1. The summed E-state index contributed by atoms with van der Waals surface area (Å²) in [7, 11) is 9.22. The van der Waals surface area contributed by atoms with E-state index in [1.807, 2.05) is 33.3 Å². The highest BCUT2D eigenvalue weighted by Gasteiger charge is 2.10. The van der Waals surface area contributed by atoms with Crippen molar-refractivity contribution in [2.45, 2.75) is 19.4 Å². The van der Waals surface area contributed by atoms with Crippen LogP contribution in [0.2, 0.25) is 0 Å². The van der Waals surface area contributed by atoms with Gasteiger partial charge in [0.05, 0.1) is 20.8 Å². The Morgan fingerprint density at radius 1 is 1.22 bits per heavy atom. The molecule has 1 N–H and O–H groups in total. The molecule has 7 heteroatoms. The third-order valence-corrected chi connectivity index (χ3v) is 4.85. The van der Waals surface area contributed by atoms with Gasteiger partial charge >= 0.3 is 0 Å². The number of benzene rings is 1. The van der Waals surface area contributed by atoms with Crippen LogP contribution in [-0.4, -0.2) is 50.3 Å². The molecule has 0 saturated carbocycles. The number of rotatable bonds is 8. The minimum absolute atomic E-state index is 0.758. The number of nitrogens with one attached hydrogen (secondary N) is 1. The van der Waals surface area contributed by atoms with E-state index in [9.17, 15) is 0 Å². The van der Waals surface area contributed by atoms with Crippen LogP contribution in [0.1, 0.15) is 17.7 Å². The van der Waals surface area contributed by atoms with Crippen LogP contribution in [0.4, 0.5) is 0 Å². The molecular weight excluding hydrogens is 408 g/mol. The van der Waals surface area contributed by atoms with Gasteiger partial charge in [0.25, 0.3) is 0 Å². The first-order valence-corrected chi connectivity index (χ1v) is 9.71. The smallest absolute Gasteiger partial charge is 0.193 e. The topological polar surface area (TPSA) is 51.0 Å². The van der Waals surface area contributed by atoms with Gasteiger partial charge in [0.15, 0.2) is 17.5 Å². The lowest BCUT2D eigenvalue weighted by Crippen LogP contribution is -2.39. The van der Waals surface area contributed by atoms with Gasteiger partial charge < -0.3 is 24.3 Å². The van der Waals surface area contributed by atoms with Crippen LogP contribution >= 0.6 is 15.9 Å². The summed E-state index contributed by atoms with van der Waals surface area (Å²) in [5, 5.41) is 3.44. The fourth-order valence-electron chi connectivity index (χ4n) is 2.95. The summed E-state index contributed by atoms with van der Waals surface area (Å²) < 4.78 is 13.9. The third kappa shape index (κ3) is 5.92. The highest BCUT2D eigenvalue weighted by Crippen LogP contribution is 2.27. The van der Waals surface area contributed by atoms with Crippen molar-refractivity contribution < 1.29 is 9.47 Å². The molecule has 27 heavy (non-hydrogen) atoms. The second-order valence-electron chi connectivity index (χ2n) is 6.38. The van der Waals surface area contributed by atoms with Gasteiger partial charge in [-0.1, -0.05) is 6.07 Å². The molecule has 0 aliphatic heterocycles. The highest BCUT2D eigenvalue weighted by molar-refractivity contribution is 9.10. The number of methoxy groups -OCH3 is 2. The predicted molar refractivity (Wildman–Crippen MR) is 114 cm³/mol. The minimum atomic E-state index is 0.758. The van der Waals surface area contributed by atoms with Crippen molar-refractivity contribution in [3.05, 3.63) is 46.2 Å². The van der Waals surface area contributed by atoms with Gasteiger partial charge in [-0.3, -0.25) is 4.99 Å². The number of ether oxygens (including phenoxy) is 2. The van der Waals surface area contributed by atoms with Crippen molar-refractivity contribution in [2.24, 2.45) is 12.0 Å². The number of aryl methyl sites for hydroxylation is 2. The Labute approximate surface area is 170 Å². The third-order valence-electron chi connectivity index (χ3n) is 4.42. The molecule has 0 aliphatic rings. The second kappa shape index (κ2) is 10.3. The summed E-state index contributed by atoms with van der Waals surface area (Å²) in [5.74, 6) is 2.42. The average Bonchev–Trinajstić information content (AvgIpc) is 2.98. The molecule has 148 valence electrons. The molecule has 1 aromatic heterocycles. The van der Waals surface area contributed by atoms with Gasteiger partial charge in [0.1, 0.15) is 0 Å². The normalized spacial score (nSPS) is 11.4. The molecule has 6 nitrogen and oxygen atoms in total. The van der Waals surface area contributed by atoms with Crippen molar-refractivity contribution >= 4 is 21.9 Å². The van der Waals surface area contributed by atoms with Crippen molar-refractivity contribution in [3.8, 4) is 11.5 Å². The second-order valence-corrected chi connectivity index (χ2v) is 7.30. The van der Waals surface area contributed by atoms with Crippen LogP contribution in [0.3, 0.4) is 0 Å².